The summed E-state index contributed by atoms with van der Waals surface area (Å²) in [5.41, 5.74) is 0.532. The third-order valence-corrected chi connectivity index (χ3v) is 4.31. The molecule has 9 heteroatoms. The smallest absolute Gasteiger partial charge is 0.336 e. The van der Waals surface area contributed by atoms with E-state index in [1.54, 1.807) is 24.3 Å². The van der Waals surface area contributed by atoms with Gasteiger partial charge in [-0.3, -0.25) is 19.9 Å². The number of hydrogen-bond acceptors (Lipinski definition) is 6. The van der Waals surface area contributed by atoms with E-state index in [0.29, 0.717) is 11.3 Å². The molecule has 0 bridgehead atoms. The van der Waals surface area contributed by atoms with Crippen LogP contribution in [0.2, 0.25) is 0 Å². The van der Waals surface area contributed by atoms with Crippen LogP contribution < -0.4 is 10.2 Å². The Morgan fingerprint density at radius 2 is 1.93 bits per heavy atom. The van der Waals surface area contributed by atoms with Crippen molar-refractivity contribution in [3.63, 3.8) is 0 Å². The Bertz CT molecular complexity index is 1210. The number of carbonyl (C=O) groups is 4. The van der Waals surface area contributed by atoms with Gasteiger partial charge in [0.1, 0.15) is 17.1 Å². The minimum absolute atomic E-state index is 0.0938. The number of rotatable bonds is 4. The van der Waals surface area contributed by atoms with E-state index in [0.717, 1.165) is 4.90 Å². The zero-order valence-corrected chi connectivity index (χ0v) is 15.2. The number of benzene rings is 1. The summed E-state index contributed by atoms with van der Waals surface area (Å²) in [6, 6.07) is 11.5. The van der Waals surface area contributed by atoms with Gasteiger partial charge < -0.3 is 9.52 Å². The predicted octanol–water partition coefficient (Wildman–Crippen LogP) is 2.71. The molecule has 0 radical (unpaired) electrons. The summed E-state index contributed by atoms with van der Waals surface area (Å²) in [4.78, 5) is 53.0. The van der Waals surface area contributed by atoms with E-state index in [2.05, 4.69) is 10.3 Å². The highest BCUT2D eigenvalue weighted by Crippen LogP contribution is 2.26. The van der Waals surface area contributed by atoms with Crippen LogP contribution in [0.4, 0.5) is 10.5 Å². The first-order chi connectivity index (χ1) is 14.4. The minimum Gasteiger partial charge on any atom is -0.478 e. The minimum atomic E-state index is -1.07. The maximum Gasteiger partial charge on any atom is 0.336 e. The monoisotopic (exact) mass is 403 g/mol. The number of imide groups is 2. The van der Waals surface area contributed by atoms with Gasteiger partial charge in [0, 0.05) is 11.8 Å². The molecule has 148 valence electrons. The first-order valence-corrected chi connectivity index (χ1v) is 8.69. The second-order valence-electron chi connectivity index (χ2n) is 6.26. The van der Waals surface area contributed by atoms with E-state index >= 15 is 0 Å². The van der Waals surface area contributed by atoms with Crippen LogP contribution in [0.3, 0.4) is 0 Å². The highest BCUT2D eigenvalue weighted by molar-refractivity contribution is 6.39. The maximum atomic E-state index is 12.8. The molecule has 4 amide bonds. The van der Waals surface area contributed by atoms with Crippen molar-refractivity contribution in [1.29, 1.82) is 0 Å². The first kappa shape index (κ1) is 18.8. The molecule has 1 fully saturated rings. The molecule has 1 aliphatic rings. The Morgan fingerprint density at radius 3 is 2.67 bits per heavy atom. The lowest BCUT2D eigenvalue weighted by Gasteiger charge is -2.25. The molecular weight excluding hydrogens is 390 g/mol. The second-order valence-corrected chi connectivity index (χ2v) is 6.26. The van der Waals surface area contributed by atoms with Gasteiger partial charge in [-0.1, -0.05) is 12.1 Å². The fourth-order valence-corrected chi connectivity index (χ4v) is 2.91. The molecular formula is C21H13N3O6. The van der Waals surface area contributed by atoms with E-state index in [4.69, 9.17) is 9.52 Å². The molecule has 3 heterocycles. The Hall–Kier alpha value is -4.53. The van der Waals surface area contributed by atoms with Crippen LogP contribution in [0, 0.1) is 0 Å². The molecule has 2 N–H and O–H groups in total. The van der Waals surface area contributed by atoms with Crippen molar-refractivity contribution >= 4 is 35.6 Å². The topological polar surface area (TPSA) is 130 Å². The fourth-order valence-electron chi connectivity index (χ4n) is 2.91. The van der Waals surface area contributed by atoms with Crippen LogP contribution in [-0.4, -0.2) is 33.9 Å². The largest absolute Gasteiger partial charge is 0.478 e. The van der Waals surface area contributed by atoms with Crippen LogP contribution in [0.5, 0.6) is 0 Å². The van der Waals surface area contributed by atoms with Crippen LogP contribution in [0.15, 0.2) is 70.9 Å². The number of carboxylic acids is 1. The molecule has 1 saturated heterocycles. The first-order valence-electron chi connectivity index (χ1n) is 8.69. The number of aromatic carboxylic acids is 1. The van der Waals surface area contributed by atoms with E-state index in [-0.39, 0.29) is 22.6 Å². The molecule has 9 nitrogen and oxygen atoms in total. The molecule has 1 aliphatic heterocycles. The average molecular weight is 403 g/mol. The number of barbiturate groups is 1. The van der Waals surface area contributed by atoms with Gasteiger partial charge in [0.15, 0.2) is 0 Å². The van der Waals surface area contributed by atoms with E-state index in [9.17, 15) is 19.2 Å². The molecule has 0 unspecified atom stereocenters. The van der Waals surface area contributed by atoms with Gasteiger partial charge in [-0.15, -0.1) is 0 Å². The van der Waals surface area contributed by atoms with E-state index in [1.807, 2.05) is 0 Å². The molecule has 4 rings (SSSR count). The van der Waals surface area contributed by atoms with Crippen molar-refractivity contribution in [3.05, 3.63) is 77.8 Å². The zero-order chi connectivity index (χ0) is 21.3. The highest BCUT2D eigenvalue weighted by atomic mass is 16.4. The third-order valence-electron chi connectivity index (χ3n) is 4.31. The van der Waals surface area contributed by atoms with Crippen molar-refractivity contribution in [1.82, 2.24) is 10.3 Å². The second kappa shape index (κ2) is 7.47. The SMILES string of the molecule is O=C1NC(=O)N(c2cccnc2)C(=O)C1=Cc1ccc(-c2cccc(C(=O)O)c2)o1. The average Bonchev–Trinajstić information content (AvgIpc) is 3.21. The predicted molar refractivity (Wildman–Crippen MR) is 104 cm³/mol. The number of amides is 4. The molecule has 0 aliphatic carbocycles. The van der Waals surface area contributed by atoms with Crippen LogP contribution in [0.25, 0.3) is 17.4 Å². The molecule has 2 aromatic heterocycles. The summed E-state index contributed by atoms with van der Waals surface area (Å²) in [6.45, 7) is 0. The van der Waals surface area contributed by atoms with Gasteiger partial charge in [0.05, 0.1) is 17.4 Å². The lowest BCUT2D eigenvalue weighted by molar-refractivity contribution is -0.122. The number of nitrogens with zero attached hydrogens (tertiary/aromatic N) is 2. The lowest BCUT2D eigenvalue weighted by atomic mass is 10.1. The summed E-state index contributed by atoms with van der Waals surface area (Å²) >= 11 is 0. The van der Waals surface area contributed by atoms with Crippen LogP contribution in [-0.2, 0) is 9.59 Å². The Balaban J connectivity index is 1.67. The highest BCUT2D eigenvalue weighted by Gasteiger charge is 2.37. The summed E-state index contributed by atoms with van der Waals surface area (Å²) in [5, 5.41) is 11.2. The molecule has 0 atom stereocenters. The number of furan rings is 1. The van der Waals surface area contributed by atoms with Crippen molar-refractivity contribution in [2.75, 3.05) is 4.90 Å². The van der Waals surface area contributed by atoms with Gasteiger partial charge in [-0.25, -0.2) is 14.5 Å². The summed E-state index contributed by atoms with van der Waals surface area (Å²) < 4.78 is 5.65. The number of carboxylic acid groups (broad SMARTS) is 1. The van der Waals surface area contributed by atoms with Crippen LogP contribution >= 0.6 is 0 Å². The van der Waals surface area contributed by atoms with E-state index < -0.39 is 23.8 Å². The summed E-state index contributed by atoms with van der Waals surface area (Å²) in [7, 11) is 0. The fraction of sp³-hybridized carbons (Fsp3) is 0. The van der Waals surface area contributed by atoms with Crippen molar-refractivity contribution < 1.29 is 28.7 Å². The summed E-state index contributed by atoms with van der Waals surface area (Å²) in [5.74, 6) is -2.20. The normalized spacial score (nSPS) is 15.4. The van der Waals surface area contributed by atoms with Gasteiger partial charge in [0.2, 0.25) is 0 Å². The zero-order valence-electron chi connectivity index (χ0n) is 15.2. The molecule has 0 spiro atoms. The molecule has 0 saturated carbocycles. The molecule has 30 heavy (non-hydrogen) atoms. The lowest BCUT2D eigenvalue weighted by Crippen LogP contribution is -2.54. The Kier molecular flexibility index (Phi) is 4.69. The van der Waals surface area contributed by atoms with Gasteiger partial charge >= 0.3 is 12.0 Å². The maximum absolute atomic E-state index is 12.8. The Morgan fingerprint density at radius 1 is 1.10 bits per heavy atom. The number of hydrogen-bond donors (Lipinski definition) is 2. The molecule has 1 aromatic carbocycles. The van der Waals surface area contributed by atoms with Crippen LogP contribution in [0.1, 0.15) is 16.1 Å². The van der Waals surface area contributed by atoms with Gasteiger partial charge in [0.25, 0.3) is 11.8 Å². The van der Waals surface area contributed by atoms with Crippen molar-refractivity contribution in [2.24, 2.45) is 0 Å². The number of urea groups is 1. The summed E-state index contributed by atoms with van der Waals surface area (Å²) in [6.07, 6.45) is 4.03. The van der Waals surface area contributed by atoms with E-state index in [1.165, 1.54) is 42.7 Å². The number of pyridine rings is 1. The third kappa shape index (κ3) is 3.47. The van der Waals surface area contributed by atoms with Crippen molar-refractivity contribution in [2.45, 2.75) is 0 Å². The molecule has 3 aromatic rings. The number of carbonyl (C=O) groups excluding carboxylic acids is 3. The standard InChI is InChI=1S/C21H13N3O6/c25-18-16(19(26)24(21(29)23-18)14-5-2-8-22-11-14)10-15-6-7-17(30-15)12-3-1-4-13(9-12)20(27)28/h1-11H,(H,27,28)(H,23,25,29). The number of anilines is 1. The quantitative estimate of drug-likeness (QED) is 0.506. The van der Waals surface area contributed by atoms with Crippen molar-refractivity contribution in [3.8, 4) is 11.3 Å². The van der Waals surface area contributed by atoms with Gasteiger partial charge in [-0.2, -0.15) is 0 Å². The Labute approximate surface area is 169 Å². The number of aromatic nitrogens is 1. The number of nitrogens with one attached hydrogen (secondary N) is 1. The van der Waals surface area contributed by atoms with Gasteiger partial charge in [-0.05, 0) is 42.5 Å².